The van der Waals surface area contributed by atoms with E-state index in [0.29, 0.717) is 37.6 Å². The molecule has 0 saturated carbocycles. The lowest BCUT2D eigenvalue weighted by atomic mass is 9.99. The molecule has 1 saturated heterocycles. The van der Waals surface area contributed by atoms with Crippen molar-refractivity contribution in [2.75, 3.05) is 25.5 Å². The van der Waals surface area contributed by atoms with Crippen molar-refractivity contribution in [3.8, 4) is 11.3 Å². The van der Waals surface area contributed by atoms with Crippen molar-refractivity contribution < 1.29 is 9.53 Å². The summed E-state index contributed by atoms with van der Waals surface area (Å²) >= 11 is 0. The van der Waals surface area contributed by atoms with Gasteiger partial charge in [0.15, 0.2) is 5.82 Å². The number of aromatic amines is 1. The highest BCUT2D eigenvalue weighted by Gasteiger charge is 2.21. The van der Waals surface area contributed by atoms with E-state index in [0.717, 1.165) is 40.4 Å². The second-order valence-electron chi connectivity index (χ2n) is 7.52. The van der Waals surface area contributed by atoms with E-state index in [-0.39, 0.29) is 11.8 Å². The van der Waals surface area contributed by atoms with Gasteiger partial charge in [-0.05, 0) is 25.0 Å². The summed E-state index contributed by atoms with van der Waals surface area (Å²) in [5, 5.41) is 16.6. The molecule has 1 aliphatic heterocycles. The first-order valence-electron chi connectivity index (χ1n) is 10.1. The minimum absolute atomic E-state index is 0.0444. The van der Waals surface area contributed by atoms with E-state index >= 15 is 0 Å². The minimum Gasteiger partial charge on any atom is -0.382 e. The zero-order valence-corrected chi connectivity index (χ0v) is 16.5. The smallest absolute Gasteiger partial charge is 0.223 e. The van der Waals surface area contributed by atoms with Gasteiger partial charge < -0.3 is 15.8 Å². The maximum absolute atomic E-state index is 12.3. The van der Waals surface area contributed by atoms with Crippen LogP contribution in [0.15, 0.2) is 36.7 Å². The summed E-state index contributed by atoms with van der Waals surface area (Å²) in [7, 11) is 0. The standard InChI is InChI=1S/C21H23N7O2/c22-20-19-16(15-2-1-14(11-18(15)25-20)17-3-6-24-26-17)12-28(27-19)8-7-23-21(29)13-4-9-30-10-5-13/h1-3,6,11-13H,4-5,7-10H2,(H2,22,25)(H,23,29)(H,24,26). The van der Waals surface area contributed by atoms with Crippen LogP contribution in [0.2, 0.25) is 0 Å². The second kappa shape index (κ2) is 7.75. The van der Waals surface area contributed by atoms with Gasteiger partial charge in [-0.2, -0.15) is 10.2 Å². The Morgan fingerprint density at radius 2 is 2.13 bits per heavy atom. The quantitative estimate of drug-likeness (QED) is 0.467. The third-order valence-corrected chi connectivity index (χ3v) is 5.56. The van der Waals surface area contributed by atoms with E-state index in [1.165, 1.54) is 0 Å². The topological polar surface area (TPSA) is 124 Å². The van der Waals surface area contributed by atoms with Gasteiger partial charge >= 0.3 is 0 Å². The Balaban J connectivity index is 1.36. The highest BCUT2D eigenvalue weighted by atomic mass is 16.5. The Kier molecular flexibility index (Phi) is 4.80. The molecule has 4 aromatic rings. The van der Waals surface area contributed by atoms with E-state index in [9.17, 15) is 4.79 Å². The Bertz CT molecular complexity index is 1190. The molecule has 30 heavy (non-hydrogen) atoms. The van der Waals surface area contributed by atoms with E-state index in [1.807, 2.05) is 35.1 Å². The van der Waals surface area contributed by atoms with Gasteiger partial charge in [0.25, 0.3) is 0 Å². The first kappa shape index (κ1) is 18.6. The van der Waals surface area contributed by atoms with Gasteiger partial charge in [-0.25, -0.2) is 4.98 Å². The fourth-order valence-electron chi connectivity index (χ4n) is 3.93. The van der Waals surface area contributed by atoms with E-state index in [1.54, 1.807) is 6.20 Å². The van der Waals surface area contributed by atoms with Crippen LogP contribution in [0.5, 0.6) is 0 Å². The maximum atomic E-state index is 12.3. The van der Waals surface area contributed by atoms with Gasteiger partial charge in [-0.1, -0.05) is 12.1 Å². The molecule has 0 radical (unpaired) electrons. The molecule has 1 aromatic carbocycles. The summed E-state index contributed by atoms with van der Waals surface area (Å²) in [6, 6.07) is 7.93. The molecular weight excluding hydrogens is 382 g/mol. The third-order valence-electron chi connectivity index (χ3n) is 5.56. The summed E-state index contributed by atoms with van der Waals surface area (Å²) in [6.45, 7) is 2.39. The van der Waals surface area contributed by atoms with Gasteiger partial charge in [-0.15, -0.1) is 0 Å². The van der Waals surface area contributed by atoms with Crippen LogP contribution in [0.1, 0.15) is 12.8 Å². The molecular formula is C21H23N7O2. The lowest BCUT2D eigenvalue weighted by molar-refractivity contribution is -0.127. The number of nitrogen functional groups attached to an aromatic ring is 1. The molecule has 9 nitrogen and oxygen atoms in total. The number of nitrogens with zero attached hydrogens (tertiary/aromatic N) is 4. The average Bonchev–Trinajstić information content (AvgIpc) is 3.45. The van der Waals surface area contributed by atoms with Crippen molar-refractivity contribution in [1.29, 1.82) is 0 Å². The van der Waals surface area contributed by atoms with Gasteiger partial charge in [0.05, 0.1) is 17.8 Å². The second-order valence-corrected chi connectivity index (χ2v) is 7.52. The van der Waals surface area contributed by atoms with Crippen molar-refractivity contribution in [3.63, 3.8) is 0 Å². The highest BCUT2D eigenvalue weighted by molar-refractivity contribution is 6.08. The van der Waals surface area contributed by atoms with Crippen LogP contribution in [0.25, 0.3) is 33.1 Å². The number of ether oxygens (including phenoxy) is 1. The number of carbonyl (C=O) groups is 1. The van der Waals surface area contributed by atoms with E-state index < -0.39 is 0 Å². The van der Waals surface area contributed by atoms with Gasteiger partial charge in [0.1, 0.15) is 5.52 Å². The van der Waals surface area contributed by atoms with E-state index in [4.69, 9.17) is 10.5 Å². The lowest BCUT2D eigenvalue weighted by Gasteiger charge is -2.21. The molecule has 3 aromatic heterocycles. The van der Waals surface area contributed by atoms with Crippen molar-refractivity contribution in [3.05, 3.63) is 36.7 Å². The Morgan fingerprint density at radius 3 is 2.93 bits per heavy atom. The number of amides is 1. The number of rotatable bonds is 5. The molecule has 0 unspecified atom stereocenters. The summed E-state index contributed by atoms with van der Waals surface area (Å²) < 4.78 is 7.13. The first-order chi connectivity index (χ1) is 14.7. The Morgan fingerprint density at radius 1 is 1.27 bits per heavy atom. The van der Waals surface area contributed by atoms with E-state index in [2.05, 4.69) is 25.6 Å². The number of nitrogens with one attached hydrogen (secondary N) is 2. The van der Waals surface area contributed by atoms with Crippen molar-refractivity contribution >= 4 is 33.5 Å². The fraction of sp³-hybridized carbons (Fsp3) is 0.333. The molecule has 0 spiro atoms. The lowest BCUT2D eigenvalue weighted by Crippen LogP contribution is -2.36. The summed E-state index contributed by atoms with van der Waals surface area (Å²) in [4.78, 5) is 16.8. The normalized spacial score (nSPS) is 15.1. The zero-order valence-electron chi connectivity index (χ0n) is 16.5. The number of hydrogen-bond acceptors (Lipinski definition) is 6. The van der Waals surface area contributed by atoms with Crippen LogP contribution in [0, 0.1) is 5.92 Å². The number of carbonyl (C=O) groups excluding carboxylic acids is 1. The molecule has 1 fully saturated rings. The van der Waals surface area contributed by atoms with Crippen LogP contribution in [-0.4, -0.2) is 50.6 Å². The number of pyridine rings is 1. The summed E-state index contributed by atoms with van der Waals surface area (Å²) in [6.07, 6.45) is 5.32. The monoisotopic (exact) mass is 405 g/mol. The van der Waals surface area contributed by atoms with Crippen LogP contribution >= 0.6 is 0 Å². The number of anilines is 1. The van der Waals surface area contributed by atoms with Gasteiger partial charge in [0.2, 0.25) is 5.91 Å². The number of benzene rings is 1. The van der Waals surface area contributed by atoms with Crippen LogP contribution in [-0.2, 0) is 16.1 Å². The van der Waals surface area contributed by atoms with Crippen LogP contribution < -0.4 is 11.1 Å². The number of H-pyrrole nitrogens is 1. The minimum atomic E-state index is 0.0444. The largest absolute Gasteiger partial charge is 0.382 e. The van der Waals surface area contributed by atoms with Crippen molar-refractivity contribution in [2.24, 2.45) is 5.92 Å². The predicted molar refractivity (Wildman–Crippen MR) is 114 cm³/mol. The Hall–Kier alpha value is -3.46. The summed E-state index contributed by atoms with van der Waals surface area (Å²) in [5.74, 6) is 0.525. The number of hydrogen-bond donors (Lipinski definition) is 3. The van der Waals surface area contributed by atoms with Crippen molar-refractivity contribution in [2.45, 2.75) is 19.4 Å². The molecule has 9 heteroatoms. The molecule has 0 bridgehead atoms. The molecule has 4 heterocycles. The predicted octanol–water partition coefficient (Wildman–Crippen LogP) is 2.10. The van der Waals surface area contributed by atoms with Gasteiger partial charge in [-0.3, -0.25) is 14.6 Å². The molecule has 154 valence electrons. The number of nitrogens with two attached hydrogens (primary N) is 1. The molecule has 1 amide bonds. The number of aromatic nitrogens is 5. The molecule has 1 aliphatic rings. The fourth-order valence-corrected chi connectivity index (χ4v) is 3.93. The maximum Gasteiger partial charge on any atom is 0.223 e. The molecule has 4 N–H and O–H groups in total. The van der Waals surface area contributed by atoms with Crippen LogP contribution in [0.4, 0.5) is 5.82 Å². The first-order valence-corrected chi connectivity index (χ1v) is 10.1. The highest BCUT2D eigenvalue weighted by Crippen LogP contribution is 2.29. The SMILES string of the molecule is Nc1nc2cc(-c3cc[nH]n3)ccc2c2cn(CCNC(=O)C3CCOCC3)nc12. The van der Waals surface area contributed by atoms with Gasteiger partial charge in [0, 0.05) is 54.4 Å². The average molecular weight is 405 g/mol. The zero-order chi connectivity index (χ0) is 20.5. The molecule has 5 rings (SSSR count). The third kappa shape index (κ3) is 3.48. The molecule has 0 aliphatic carbocycles. The Labute approximate surface area is 172 Å². The van der Waals surface area contributed by atoms with Crippen LogP contribution in [0.3, 0.4) is 0 Å². The number of fused-ring (bicyclic) bond motifs is 3. The summed E-state index contributed by atoms with van der Waals surface area (Å²) in [5.41, 5.74) is 9.48. The molecule has 0 atom stereocenters. The van der Waals surface area contributed by atoms with Crippen molar-refractivity contribution in [1.82, 2.24) is 30.3 Å².